The number of benzene rings is 1. The van der Waals surface area contributed by atoms with Gasteiger partial charge in [0.2, 0.25) is 0 Å². The zero-order valence-electron chi connectivity index (χ0n) is 10.2. The van der Waals surface area contributed by atoms with Gasteiger partial charge in [-0.15, -0.1) is 0 Å². The molecule has 1 aliphatic rings. The van der Waals surface area contributed by atoms with Crippen molar-refractivity contribution in [1.82, 2.24) is 4.90 Å². The van der Waals surface area contributed by atoms with Crippen molar-refractivity contribution in [2.45, 2.75) is 32.6 Å². The minimum atomic E-state index is 0.236. The molecule has 1 aromatic carbocycles. The van der Waals surface area contributed by atoms with E-state index in [1.54, 1.807) is 12.1 Å². The van der Waals surface area contributed by atoms with Gasteiger partial charge in [-0.3, -0.25) is 4.90 Å². The number of ether oxygens (including phenoxy) is 1. The summed E-state index contributed by atoms with van der Waals surface area (Å²) in [4.78, 5) is 2.28. The fourth-order valence-electron chi connectivity index (χ4n) is 2.34. The van der Waals surface area contributed by atoms with Gasteiger partial charge >= 0.3 is 0 Å². The topological polar surface area (TPSA) is 32.7 Å². The van der Waals surface area contributed by atoms with Gasteiger partial charge in [0.1, 0.15) is 5.75 Å². The summed E-state index contributed by atoms with van der Waals surface area (Å²) in [6, 6.07) is 5.16. The van der Waals surface area contributed by atoms with Crippen LogP contribution in [0.5, 0.6) is 5.75 Å². The second-order valence-electron chi connectivity index (χ2n) is 4.72. The van der Waals surface area contributed by atoms with Gasteiger partial charge in [-0.2, -0.15) is 0 Å². The van der Waals surface area contributed by atoms with Crippen LogP contribution in [0.1, 0.15) is 19.4 Å². The second-order valence-corrected chi connectivity index (χ2v) is 5.16. The van der Waals surface area contributed by atoms with Gasteiger partial charge in [-0.25, -0.2) is 0 Å². The lowest BCUT2D eigenvalue weighted by atomic mass is 10.1. The molecule has 0 spiro atoms. The van der Waals surface area contributed by atoms with Crippen molar-refractivity contribution in [3.8, 4) is 5.75 Å². The number of nitrogens with zero attached hydrogens (tertiary/aromatic N) is 1. The molecule has 0 saturated carbocycles. The molecule has 94 valence electrons. The van der Waals surface area contributed by atoms with Gasteiger partial charge in [-0.05, 0) is 32.0 Å². The third kappa shape index (κ3) is 3.35. The van der Waals surface area contributed by atoms with Crippen LogP contribution in [-0.4, -0.2) is 35.3 Å². The fourth-order valence-corrected chi connectivity index (χ4v) is 2.53. The third-order valence-corrected chi connectivity index (χ3v) is 3.17. The molecule has 1 fully saturated rings. The summed E-state index contributed by atoms with van der Waals surface area (Å²) in [5, 5.41) is 10.4. The molecule has 0 aliphatic carbocycles. The van der Waals surface area contributed by atoms with Crippen molar-refractivity contribution >= 4 is 11.6 Å². The summed E-state index contributed by atoms with van der Waals surface area (Å²) in [6.07, 6.45) is 0.472. The number of morpholine rings is 1. The maximum Gasteiger partial charge on any atom is 0.120 e. The van der Waals surface area contributed by atoms with Gasteiger partial charge in [0, 0.05) is 30.2 Å². The third-order valence-electron chi connectivity index (χ3n) is 2.93. The van der Waals surface area contributed by atoms with Crippen LogP contribution in [0.25, 0.3) is 0 Å². The SMILES string of the molecule is C[C@@H]1CN(Cc2cc(Cl)ccc2O)C[C@H](C)O1. The van der Waals surface area contributed by atoms with Crippen LogP contribution in [0.4, 0.5) is 0 Å². The summed E-state index contributed by atoms with van der Waals surface area (Å²) >= 11 is 5.94. The number of halogens is 1. The Kier molecular flexibility index (Phi) is 3.92. The molecule has 1 N–H and O–H groups in total. The highest BCUT2D eigenvalue weighted by Gasteiger charge is 2.22. The monoisotopic (exact) mass is 255 g/mol. The van der Waals surface area contributed by atoms with Gasteiger partial charge in [-0.1, -0.05) is 11.6 Å². The van der Waals surface area contributed by atoms with Crippen molar-refractivity contribution in [2.75, 3.05) is 13.1 Å². The van der Waals surface area contributed by atoms with E-state index >= 15 is 0 Å². The molecule has 0 radical (unpaired) electrons. The zero-order chi connectivity index (χ0) is 12.4. The van der Waals surface area contributed by atoms with Gasteiger partial charge in [0.05, 0.1) is 12.2 Å². The Morgan fingerprint density at radius 2 is 2.00 bits per heavy atom. The normalized spacial score (nSPS) is 26.1. The summed E-state index contributed by atoms with van der Waals surface area (Å²) in [5.41, 5.74) is 0.874. The van der Waals surface area contributed by atoms with Crippen molar-refractivity contribution in [2.24, 2.45) is 0 Å². The van der Waals surface area contributed by atoms with Crippen LogP contribution >= 0.6 is 11.6 Å². The fraction of sp³-hybridized carbons (Fsp3) is 0.538. The lowest BCUT2D eigenvalue weighted by Gasteiger charge is -2.35. The lowest BCUT2D eigenvalue weighted by Crippen LogP contribution is -2.44. The number of aromatic hydroxyl groups is 1. The predicted molar refractivity (Wildman–Crippen MR) is 68.4 cm³/mol. The molecule has 1 saturated heterocycles. The van der Waals surface area contributed by atoms with E-state index in [2.05, 4.69) is 18.7 Å². The van der Waals surface area contributed by atoms with Crippen LogP contribution in [0.15, 0.2) is 18.2 Å². The molecular formula is C13H18ClNO2. The Balaban J connectivity index is 2.07. The largest absolute Gasteiger partial charge is 0.508 e. The van der Waals surface area contributed by atoms with Gasteiger partial charge < -0.3 is 9.84 Å². The summed E-state index contributed by atoms with van der Waals surface area (Å²) in [6.45, 7) is 6.62. The second kappa shape index (κ2) is 5.25. The van der Waals surface area contributed by atoms with Crippen molar-refractivity contribution < 1.29 is 9.84 Å². The Labute approximate surface area is 107 Å². The van der Waals surface area contributed by atoms with E-state index in [-0.39, 0.29) is 12.2 Å². The van der Waals surface area contributed by atoms with E-state index in [0.717, 1.165) is 18.7 Å². The quantitative estimate of drug-likeness (QED) is 0.882. The first-order valence-electron chi connectivity index (χ1n) is 5.90. The number of phenols is 1. The molecule has 1 aromatic rings. The van der Waals surface area contributed by atoms with E-state index in [0.29, 0.717) is 17.3 Å². The van der Waals surface area contributed by atoms with Crippen molar-refractivity contribution in [3.05, 3.63) is 28.8 Å². The number of rotatable bonds is 2. The highest BCUT2D eigenvalue weighted by molar-refractivity contribution is 6.30. The number of phenolic OH excluding ortho intramolecular Hbond substituents is 1. The molecule has 0 amide bonds. The van der Waals surface area contributed by atoms with Crippen LogP contribution in [0, 0.1) is 0 Å². The van der Waals surface area contributed by atoms with E-state index < -0.39 is 0 Å². The Hall–Kier alpha value is -0.770. The Morgan fingerprint density at radius 1 is 1.35 bits per heavy atom. The van der Waals surface area contributed by atoms with Crippen molar-refractivity contribution in [1.29, 1.82) is 0 Å². The van der Waals surface area contributed by atoms with Crippen LogP contribution in [-0.2, 0) is 11.3 Å². The summed E-state index contributed by atoms with van der Waals surface area (Å²) in [7, 11) is 0. The molecule has 0 bridgehead atoms. The molecule has 17 heavy (non-hydrogen) atoms. The maximum absolute atomic E-state index is 9.78. The van der Waals surface area contributed by atoms with Crippen molar-refractivity contribution in [3.63, 3.8) is 0 Å². The maximum atomic E-state index is 9.78. The van der Waals surface area contributed by atoms with E-state index in [1.165, 1.54) is 0 Å². The average molecular weight is 256 g/mol. The summed E-state index contributed by atoms with van der Waals surface area (Å²) < 4.78 is 5.68. The summed E-state index contributed by atoms with van der Waals surface area (Å²) in [5.74, 6) is 0.307. The molecule has 4 heteroatoms. The number of hydrogen-bond donors (Lipinski definition) is 1. The van der Waals surface area contributed by atoms with Crippen LogP contribution < -0.4 is 0 Å². The smallest absolute Gasteiger partial charge is 0.120 e. The first kappa shape index (κ1) is 12.7. The molecule has 0 aromatic heterocycles. The molecule has 1 heterocycles. The predicted octanol–water partition coefficient (Wildman–Crippen LogP) is 2.65. The minimum absolute atomic E-state index is 0.236. The van der Waals surface area contributed by atoms with Crippen LogP contribution in [0.2, 0.25) is 5.02 Å². The first-order valence-corrected chi connectivity index (χ1v) is 6.27. The highest BCUT2D eigenvalue weighted by atomic mass is 35.5. The Morgan fingerprint density at radius 3 is 2.65 bits per heavy atom. The first-order chi connectivity index (χ1) is 8.04. The zero-order valence-corrected chi connectivity index (χ0v) is 10.9. The molecular weight excluding hydrogens is 238 g/mol. The molecule has 2 rings (SSSR count). The van der Waals surface area contributed by atoms with Gasteiger partial charge in [0.25, 0.3) is 0 Å². The minimum Gasteiger partial charge on any atom is -0.508 e. The van der Waals surface area contributed by atoms with Crippen LogP contribution in [0.3, 0.4) is 0 Å². The molecule has 2 atom stereocenters. The molecule has 0 unspecified atom stereocenters. The molecule has 3 nitrogen and oxygen atoms in total. The Bertz CT molecular complexity index is 387. The molecule has 1 aliphatic heterocycles. The van der Waals surface area contributed by atoms with E-state index in [9.17, 15) is 5.11 Å². The highest BCUT2D eigenvalue weighted by Crippen LogP contribution is 2.24. The van der Waals surface area contributed by atoms with E-state index in [1.807, 2.05) is 6.07 Å². The van der Waals surface area contributed by atoms with Gasteiger partial charge in [0.15, 0.2) is 0 Å². The average Bonchev–Trinajstić information content (AvgIpc) is 2.22. The number of hydrogen-bond acceptors (Lipinski definition) is 3. The van der Waals surface area contributed by atoms with E-state index in [4.69, 9.17) is 16.3 Å². The lowest BCUT2D eigenvalue weighted by molar-refractivity contribution is -0.0706. The standard InChI is InChI=1S/C13H18ClNO2/c1-9-6-15(7-10(2)17-9)8-11-5-12(14)3-4-13(11)16/h3-5,9-10,16H,6-8H2,1-2H3/t9-,10+.